The van der Waals surface area contributed by atoms with E-state index in [9.17, 15) is 0 Å². The molecule has 2 heterocycles. The molecule has 0 bridgehead atoms. The SMILES string of the molecule is CN1CCCC1c1ccc[n+](C(C)(C)C)c1. The van der Waals surface area contributed by atoms with Gasteiger partial charge in [-0.05, 0) is 32.5 Å². The Kier molecular flexibility index (Phi) is 3.02. The van der Waals surface area contributed by atoms with E-state index in [-0.39, 0.29) is 5.54 Å². The number of nitrogens with zero attached hydrogens (tertiary/aromatic N) is 2. The quantitative estimate of drug-likeness (QED) is 0.658. The van der Waals surface area contributed by atoms with Gasteiger partial charge in [-0.15, -0.1) is 0 Å². The lowest BCUT2D eigenvalue weighted by Crippen LogP contribution is -2.50. The minimum Gasteiger partial charge on any atom is -0.299 e. The molecule has 1 aliphatic heterocycles. The topological polar surface area (TPSA) is 7.12 Å². The summed E-state index contributed by atoms with van der Waals surface area (Å²) in [5.41, 5.74) is 1.63. The smallest absolute Gasteiger partial charge is 0.174 e. The van der Waals surface area contributed by atoms with Gasteiger partial charge < -0.3 is 0 Å². The molecule has 0 spiro atoms. The third-order valence-corrected chi connectivity index (χ3v) is 3.50. The third kappa shape index (κ3) is 2.27. The van der Waals surface area contributed by atoms with Crippen molar-refractivity contribution in [1.29, 1.82) is 0 Å². The molecule has 0 amide bonds. The molecule has 1 aromatic rings. The maximum Gasteiger partial charge on any atom is 0.174 e. The van der Waals surface area contributed by atoms with Gasteiger partial charge in [0.15, 0.2) is 17.9 Å². The number of hydrogen-bond acceptors (Lipinski definition) is 1. The molecule has 0 saturated carbocycles. The highest BCUT2D eigenvalue weighted by molar-refractivity contribution is 5.12. The van der Waals surface area contributed by atoms with Gasteiger partial charge in [-0.1, -0.05) is 0 Å². The Morgan fingerprint density at radius 3 is 2.69 bits per heavy atom. The van der Waals surface area contributed by atoms with E-state index in [2.05, 4.69) is 61.8 Å². The number of likely N-dealkylation sites (tertiary alicyclic amines) is 1. The number of hydrogen-bond donors (Lipinski definition) is 0. The molecular formula is C14H23N2+. The van der Waals surface area contributed by atoms with E-state index in [0.717, 1.165) is 0 Å². The van der Waals surface area contributed by atoms with Gasteiger partial charge in [0.05, 0.1) is 0 Å². The highest BCUT2D eigenvalue weighted by Gasteiger charge is 2.27. The molecule has 88 valence electrons. The predicted molar refractivity (Wildman–Crippen MR) is 66.2 cm³/mol. The molecule has 2 rings (SSSR count). The molecule has 1 fully saturated rings. The van der Waals surface area contributed by atoms with Crippen molar-refractivity contribution in [1.82, 2.24) is 4.90 Å². The Morgan fingerprint density at radius 1 is 1.38 bits per heavy atom. The Morgan fingerprint density at radius 2 is 2.12 bits per heavy atom. The second-order valence-electron chi connectivity index (χ2n) is 5.85. The van der Waals surface area contributed by atoms with Crippen molar-refractivity contribution in [2.75, 3.05) is 13.6 Å². The average Bonchev–Trinajstić information content (AvgIpc) is 2.63. The molecule has 1 saturated heterocycles. The largest absolute Gasteiger partial charge is 0.299 e. The van der Waals surface area contributed by atoms with E-state index in [0.29, 0.717) is 6.04 Å². The molecule has 2 heteroatoms. The monoisotopic (exact) mass is 219 g/mol. The molecule has 2 nitrogen and oxygen atoms in total. The summed E-state index contributed by atoms with van der Waals surface area (Å²) in [6, 6.07) is 5.05. The van der Waals surface area contributed by atoms with Gasteiger partial charge in [0.1, 0.15) is 0 Å². The van der Waals surface area contributed by atoms with Gasteiger partial charge in [0.2, 0.25) is 0 Å². The van der Waals surface area contributed by atoms with Crippen molar-refractivity contribution in [2.24, 2.45) is 0 Å². The van der Waals surface area contributed by atoms with E-state index in [1.807, 2.05) is 0 Å². The maximum absolute atomic E-state index is 2.46. The highest BCUT2D eigenvalue weighted by Crippen LogP contribution is 2.29. The van der Waals surface area contributed by atoms with Crippen molar-refractivity contribution < 1.29 is 4.57 Å². The lowest BCUT2D eigenvalue weighted by molar-refractivity contribution is -0.754. The van der Waals surface area contributed by atoms with Gasteiger partial charge in [0.25, 0.3) is 0 Å². The van der Waals surface area contributed by atoms with Crippen LogP contribution in [0.2, 0.25) is 0 Å². The molecule has 0 N–H and O–H groups in total. The van der Waals surface area contributed by atoms with Crippen LogP contribution < -0.4 is 4.57 Å². The first kappa shape index (κ1) is 11.6. The second kappa shape index (κ2) is 4.17. The Bertz CT molecular complexity index is 365. The first-order chi connectivity index (χ1) is 7.48. The van der Waals surface area contributed by atoms with Crippen molar-refractivity contribution in [3.8, 4) is 0 Å². The van der Waals surface area contributed by atoms with Gasteiger partial charge in [-0.2, -0.15) is 0 Å². The van der Waals surface area contributed by atoms with Crippen LogP contribution in [0.15, 0.2) is 24.5 Å². The summed E-state index contributed by atoms with van der Waals surface area (Å²) in [5.74, 6) is 0. The number of pyridine rings is 1. The molecule has 0 aromatic carbocycles. The van der Waals surface area contributed by atoms with E-state index < -0.39 is 0 Å². The summed E-state index contributed by atoms with van der Waals surface area (Å²) in [6.07, 6.45) is 7.10. The molecule has 1 unspecified atom stereocenters. The molecule has 1 aliphatic rings. The number of rotatable bonds is 1. The summed E-state index contributed by atoms with van der Waals surface area (Å²) < 4.78 is 2.31. The van der Waals surface area contributed by atoms with Crippen LogP contribution in [-0.4, -0.2) is 18.5 Å². The summed E-state index contributed by atoms with van der Waals surface area (Å²) in [7, 11) is 2.23. The zero-order chi connectivity index (χ0) is 11.8. The number of aromatic nitrogens is 1. The zero-order valence-corrected chi connectivity index (χ0v) is 10.9. The molecular weight excluding hydrogens is 196 g/mol. The lowest BCUT2D eigenvalue weighted by atomic mass is 10.0. The minimum absolute atomic E-state index is 0.174. The van der Waals surface area contributed by atoms with Crippen LogP contribution in [0.25, 0.3) is 0 Å². The van der Waals surface area contributed by atoms with Crippen LogP contribution in [-0.2, 0) is 5.54 Å². The summed E-state index contributed by atoms with van der Waals surface area (Å²) in [6.45, 7) is 7.97. The van der Waals surface area contributed by atoms with Crippen LogP contribution in [0.5, 0.6) is 0 Å². The fourth-order valence-electron chi connectivity index (χ4n) is 2.44. The fraction of sp³-hybridized carbons (Fsp3) is 0.643. The predicted octanol–water partition coefficient (Wildman–Crippen LogP) is 2.50. The van der Waals surface area contributed by atoms with Gasteiger partial charge >= 0.3 is 0 Å². The summed E-state index contributed by atoms with van der Waals surface area (Å²) >= 11 is 0. The van der Waals surface area contributed by atoms with Crippen LogP contribution in [0, 0.1) is 0 Å². The first-order valence-electron chi connectivity index (χ1n) is 6.20. The maximum atomic E-state index is 2.46. The van der Waals surface area contributed by atoms with Crippen molar-refractivity contribution in [3.63, 3.8) is 0 Å². The molecule has 16 heavy (non-hydrogen) atoms. The standard InChI is InChI=1S/C14H23N2/c1-14(2,3)16-10-5-7-12(11-16)13-8-6-9-15(13)4/h5,7,10-11,13H,6,8-9H2,1-4H3/q+1. The minimum atomic E-state index is 0.174. The average molecular weight is 219 g/mol. The molecule has 1 aromatic heterocycles. The zero-order valence-electron chi connectivity index (χ0n) is 10.9. The first-order valence-corrected chi connectivity index (χ1v) is 6.20. The van der Waals surface area contributed by atoms with E-state index in [1.165, 1.54) is 24.9 Å². The van der Waals surface area contributed by atoms with E-state index >= 15 is 0 Å². The van der Waals surface area contributed by atoms with Gasteiger partial charge in [0, 0.05) is 38.4 Å². The van der Waals surface area contributed by atoms with Crippen LogP contribution >= 0.6 is 0 Å². The van der Waals surface area contributed by atoms with Crippen LogP contribution in [0.4, 0.5) is 0 Å². The summed E-state index contributed by atoms with van der Waals surface area (Å²) in [5, 5.41) is 0. The summed E-state index contributed by atoms with van der Waals surface area (Å²) in [4.78, 5) is 2.46. The van der Waals surface area contributed by atoms with Gasteiger partial charge in [-0.3, -0.25) is 4.90 Å². The molecule has 1 atom stereocenters. The molecule has 0 aliphatic carbocycles. The fourth-order valence-corrected chi connectivity index (χ4v) is 2.44. The Balaban J connectivity index is 2.29. The normalized spacial score (nSPS) is 22.6. The highest BCUT2D eigenvalue weighted by atomic mass is 15.1. The van der Waals surface area contributed by atoms with E-state index in [1.54, 1.807) is 0 Å². The Labute approximate surface area is 98.9 Å². The van der Waals surface area contributed by atoms with Gasteiger partial charge in [-0.25, -0.2) is 4.57 Å². The second-order valence-corrected chi connectivity index (χ2v) is 5.85. The molecule has 0 radical (unpaired) electrons. The third-order valence-electron chi connectivity index (χ3n) is 3.50. The Hall–Kier alpha value is -0.890. The van der Waals surface area contributed by atoms with E-state index in [4.69, 9.17) is 0 Å². The van der Waals surface area contributed by atoms with Crippen LogP contribution in [0.3, 0.4) is 0 Å². The van der Waals surface area contributed by atoms with Crippen LogP contribution in [0.1, 0.15) is 45.2 Å². The van der Waals surface area contributed by atoms with Crippen molar-refractivity contribution >= 4 is 0 Å². The lowest BCUT2D eigenvalue weighted by Gasteiger charge is -2.20. The van der Waals surface area contributed by atoms with Crippen molar-refractivity contribution in [3.05, 3.63) is 30.1 Å². The van der Waals surface area contributed by atoms with Crippen molar-refractivity contribution in [2.45, 2.75) is 45.2 Å².